The molecule has 0 N–H and O–H groups in total. The van der Waals surface area contributed by atoms with Crippen molar-refractivity contribution in [1.82, 2.24) is 5.32 Å². The highest BCUT2D eigenvalue weighted by atomic mass is 14.9. The van der Waals surface area contributed by atoms with Gasteiger partial charge in [0.05, 0.1) is 0 Å². The first kappa shape index (κ1) is 25.3. The van der Waals surface area contributed by atoms with Gasteiger partial charge in [0.1, 0.15) is 0 Å². The number of nitrogens with zero attached hydrogens (tertiary/aromatic N) is 1. The van der Waals surface area contributed by atoms with Crippen LogP contribution in [0.5, 0.6) is 0 Å². The molecule has 0 saturated carbocycles. The molecule has 1 nitrogen and oxygen atoms in total. The number of rotatable bonds is 21. The van der Waals surface area contributed by atoms with Crippen LogP contribution >= 0.6 is 0 Å². The maximum atomic E-state index is 4.32. The van der Waals surface area contributed by atoms with E-state index >= 15 is 0 Å². The molecule has 0 saturated heterocycles. The highest BCUT2D eigenvalue weighted by molar-refractivity contribution is 5.29. The molecule has 28 heavy (non-hydrogen) atoms. The fourth-order valence-corrected chi connectivity index (χ4v) is 4.28. The van der Waals surface area contributed by atoms with Crippen molar-refractivity contribution in [3.63, 3.8) is 0 Å². The first-order chi connectivity index (χ1) is 13.8. The van der Waals surface area contributed by atoms with E-state index < -0.39 is 0 Å². The molecule has 1 rings (SSSR count). The zero-order valence-electron chi connectivity index (χ0n) is 19.5. The van der Waals surface area contributed by atoms with Gasteiger partial charge in [-0.3, -0.25) is 5.32 Å². The monoisotopic (exact) mass is 388 g/mol. The van der Waals surface area contributed by atoms with Crippen molar-refractivity contribution in [2.24, 2.45) is 0 Å². The van der Waals surface area contributed by atoms with Gasteiger partial charge < -0.3 is 0 Å². The van der Waals surface area contributed by atoms with Crippen LogP contribution in [0.2, 0.25) is 0 Å². The summed E-state index contributed by atoms with van der Waals surface area (Å²) in [5.74, 6) is 0. The van der Waals surface area contributed by atoms with Crippen LogP contribution in [-0.2, 0) is 0 Å². The van der Waals surface area contributed by atoms with E-state index in [-0.39, 0.29) is 0 Å². The van der Waals surface area contributed by atoms with Gasteiger partial charge >= 0.3 is 0 Å². The minimum atomic E-state index is 1.23. The molecule has 0 aromatic carbocycles. The van der Waals surface area contributed by atoms with Gasteiger partial charge in [0.25, 0.3) is 0 Å². The topological polar surface area (TPSA) is 14.1 Å². The van der Waals surface area contributed by atoms with E-state index in [9.17, 15) is 0 Å². The molecule has 0 amide bonds. The van der Waals surface area contributed by atoms with Gasteiger partial charge in [0, 0.05) is 11.9 Å². The summed E-state index contributed by atoms with van der Waals surface area (Å²) in [7, 11) is 0. The Labute approximate surface area is 177 Å². The zero-order chi connectivity index (χ0) is 20.1. The van der Waals surface area contributed by atoms with E-state index in [4.69, 9.17) is 0 Å². The van der Waals surface area contributed by atoms with Crippen molar-refractivity contribution in [3.05, 3.63) is 23.5 Å². The van der Waals surface area contributed by atoms with E-state index in [0.717, 1.165) is 0 Å². The maximum absolute atomic E-state index is 4.32. The smallest absolute Gasteiger partial charge is 0.0405 e. The summed E-state index contributed by atoms with van der Waals surface area (Å²) < 4.78 is 0. The molecular formula is C27H50N. The zero-order valence-corrected chi connectivity index (χ0v) is 19.5. The summed E-state index contributed by atoms with van der Waals surface area (Å²) in [4.78, 5) is 0. The Bertz CT molecular complexity index is 393. The second-order valence-electron chi connectivity index (χ2n) is 9.02. The van der Waals surface area contributed by atoms with E-state index in [2.05, 4.69) is 25.2 Å². The summed E-state index contributed by atoms with van der Waals surface area (Å²) in [6, 6.07) is 0. The average Bonchev–Trinajstić information content (AvgIpc) is 3.11. The Kier molecular flexibility index (Phi) is 17.7. The molecule has 0 aromatic rings. The van der Waals surface area contributed by atoms with E-state index in [1.54, 1.807) is 0 Å². The summed E-state index contributed by atoms with van der Waals surface area (Å²) in [6.07, 6.45) is 34.4. The van der Waals surface area contributed by atoms with Gasteiger partial charge in [-0.1, -0.05) is 129 Å². The summed E-state index contributed by atoms with van der Waals surface area (Å²) >= 11 is 0. The average molecular weight is 389 g/mol. The first-order valence-corrected chi connectivity index (χ1v) is 12.9. The molecule has 0 fully saturated rings. The number of hydrogen-bond acceptors (Lipinski definition) is 0. The Balaban J connectivity index is 1.67. The van der Waals surface area contributed by atoms with Crippen molar-refractivity contribution in [3.8, 4) is 0 Å². The van der Waals surface area contributed by atoms with Crippen LogP contribution in [0.15, 0.2) is 23.5 Å². The lowest BCUT2D eigenvalue weighted by Crippen LogP contribution is -1.89. The molecule has 0 atom stereocenters. The molecule has 163 valence electrons. The molecule has 0 unspecified atom stereocenters. The van der Waals surface area contributed by atoms with E-state index in [1.807, 2.05) is 6.20 Å². The third kappa shape index (κ3) is 15.2. The highest BCUT2D eigenvalue weighted by Crippen LogP contribution is 2.19. The molecule has 0 aliphatic carbocycles. The molecular weight excluding hydrogens is 338 g/mol. The summed E-state index contributed by atoms with van der Waals surface area (Å²) in [6.45, 7) is 4.43. The van der Waals surface area contributed by atoms with Crippen LogP contribution in [0.1, 0.15) is 149 Å². The predicted molar refractivity (Wildman–Crippen MR) is 127 cm³/mol. The molecule has 0 spiro atoms. The van der Waals surface area contributed by atoms with Crippen molar-refractivity contribution in [2.75, 3.05) is 0 Å². The molecule has 0 bridgehead atoms. The van der Waals surface area contributed by atoms with Crippen molar-refractivity contribution < 1.29 is 0 Å². The molecule has 1 aliphatic rings. The molecule has 1 heteroatoms. The number of allylic oxidation sites excluding steroid dienone is 3. The SMILES string of the molecule is CCCCCCCCCCCCCCCCCCCCCCC1=C(C)[N]C=C1. The van der Waals surface area contributed by atoms with Crippen LogP contribution in [-0.4, -0.2) is 0 Å². The van der Waals surface area contributed by atoms with E-state index in [1.165, 1.54) is 146 Å². The fourth-order valence-electron chi connectivity index (χ4n) is 4.28. The second kappa shape index (κ2) is 19.6. The highest BCUT2D eigenvalue weighted by Gasteiger charge is 2.04. The Morgan fingerprint density at radius 3 is 1.21 bits per heavy atom. The van der Waals surface area contributed by atoms with Gasteiger partial charge in [0.2, 0.25) is 0 Å². The van der Waals surface area contributed by atoms with Crippen LogP contribution in [0.25, 0.3) is 0 Å². The number of hydrogen-bond donors (Lipinski definition) is 0. The first-order valence-electron chi connectivity index (χ1n) is 12.9. The quantitative estimate of drug-likeness (QED) is 0.174. The maximum Gasteiger partial charge on any atom is 0.0405 e. The second-order valence-corrected chi connectivity index (χ2v) is 9.02. The standard InChI is InChI=1S/C27H50N/c1-3-4-5-6-7-8-9-10-11-12-13-14-15-16-17-18-19-20-21-22-23-27-24-25-28-26(27)2/h24-25H,3-23H2,1-2H3. The minimum Gasteiger partial charge on any atom is -0.261 e. The Morgan fingerprint density at radius 1 is 0.536 bits per heavy atom. The van der Waals surface area contributed by atoms with E-state index in [0.29, 0.717) is 0 Å². The molecule has 1 heterocycles. The number of unbranched alkanes of at least 4 members (excludes halogenated alkanes) is 19. The van der Waals surface area contributed by atoms with Gasteiger partial charge in [-0.05, 0) is 31.4 Å². The van der Waals surface area contributed by atoms with Gasteiger partial charge in [0.15, 0.2) is 0 Å². The Morgan fingerprint density at radius 2 is 0.893 bits per heavy atom. The normalized spacial score (nSPS) is 13.5. The summed E-state index contributed by atoms with van der Waals surface area (Å²) in [5.41, 5.74) is 2.69. The lowest BCUT2D eigenvalue weighted by Gasteiger charge is -2.04. The van der Waals surface area contributed by atoms with Crippen LogP contribution in [0, 0.1) is 0 Å². The summed E-state index contributed by atoms with van der Waals surface area (Å²) in [5, 5.41) is 4.32. The Hall–Kier alpha value is -0.720. The van der Waals surface area contributed by atoms with Crippen molar-refractivity contribution in [2.45, 2.75) is 149 Å². The third-order valence-corrected chi connectivity index (χ3v) is 6.31. The van der Waals surface area contributed by atoms with Crippen molar-refractivity contribution >= 4 is 0 Å². The van der Waals surface area contributed by atoms with Crippen molar-refractivity contribution in [1.29, 1.82) is 0 Å². The third-order valence-electron chi connectivity index (χ3n) is 6.31. The van der Waals surface area contributed by atoms with Crippen LogP contribution in [0.4, 0.5) is 0 Å². The molecule has 0 aromatic heterocycles. The predicted octanol–water partition coefficient (Wildman–Crippen LogP) is 9.60. The fraction of sp³-hybridized carbons (Fsp3) is 0.852. The minimum absolute atomic E-state index is 1.23. The van der Waals surface area contributed by atoms with Gasteiger partial charge in [-0.2, -0.15) is 0 Å². The molecule has 1 aliphatic heterocycles. The van der Waals surface area contributed by atoms with Gasteiger partial charge in [-0.15, -0.1) is 0 Å². The largest absolute Gasteiger partial charge is 0.261 e. The lowest BCUT2D eigenvalue weighted by atomic mass is 10.0. The van der Waals surface area contributed by atoms with Crippen LogP contribution in [0.3, 0.4) is 0 Å². The van der Waals surface area contributed by atoms with Crippen LogP contribution < -0.4 is 5.32 Å². The van der Waals surface area contributed by atoms with Gasteiger partial charge in [-0.25, -0.2) is 0 Å². The lowest BCUT2D eigenvalue weighted by molar-refractivity contribution is 0.522. The molecule has 1 radical (unpaired) electrons.